The van der Waals surface area contributed by atoms with Gasteiger partial charge in [0.1, 0.15) is 0 Å². The molecule has 0 aromatic carbocycles. The van der Waals surface area contributed by atoms with Crippen molar-refractivity contribution in [1.82, 2.24) is 10.6 Å². The first kappa shape index (κ1) is 14.8. The Hall–Kier alpha value is -0.580. The molecule has 1 aliphatic heterocycles. The maximum Gasteiger partial charge on any atom is 0.228 e. The Morgan fingerprint density at radius 2 is 2.47 bits per heavy atom. The molecule has 19 heavy (non-hydrogen) atoms. The number of thiophene rings is 1. The fraction of sp³-hybridized carbons (Fsp3) is 0.643. The summed E-state index contributed by atoms with van der Waals surface area (Å²) in [5.74, 6) is 0.699. The van der Waals surface area contributed by atoms with Gasteiger partial charge in [-0.05, 0) is 57.3 Å². The predicted molar refractivity (Wildman–Crippen MR) is 81.0 cm³/mol. The molecule has 0 bridgehead atoms. The molecule has 1 amide bonds. The Bertz CT molecular complexity index is 415. The number of carbonyl (C=O) groups excluding carboxylic acids is 1. The minimum absolute atomic E-state index is 0.0993. The second-order valence-electron chi connectivity index (χ2n) is 5.16. The maximum absolute atomic E-state index is 12.0. The molecule has 2 atom stereocenters. The van der Waals surface area contributed by atoms with Crippen molar-refractivity contribution >= 4 is 28.8 Å². The Morgan fingerprint density at radius 1 is 1.63 bits per heavy atom. The fourth-order valence-electron chi connectivity index (χ4n) is 2.41. The van der Waals surface area contributed by atoms with Crippen LogP contribution in [-0.2, 0) is 4.79 Å². The van der Waals surface area contributed by atoms with Gasteiger partial charge in [-0.2, -0.15) is 0 Å². The molecule has 3 nitrogen and oxygen atoms in total. The summed E-state index contributed by atoms with van der Waals surface area (Å²) in [5.41, 5.74) is 0. The maximum atomic E-state index is 12.0. The van der Waals surface area contributed by atoms with Crippen LogP contribution < -0.4 is 10.6 Å². The summed E-state index contributed by atoms with van der Waals surface area (Å²) in [6, 6.07) is 3.78. The van der Waals surface area contributed by atoms with Gasteiger partial charge in [0.2, 0.25) is 5.91 Å². The number of piperidine rings is 1. The average Bonchev–Trinajstić information content (AvgIpc) is 2.85. The van der Waals surface area contributed by atoms with Crippen molar-refractivity contribution in [2.24, 2.45) is 5.92 Å². The normalized spacial score (nSPS) is 21.1. The number of carbonyl (C=O) groups is 1. The van der Waals surface area contributed by atoms with Gasteiger partial charge in [0, 0.05) is 11.4 Å². The first-order valence-corrected chi connectivity index (χ1v) is 8.10. The van der Waals surface area contributed by atoms with Gasteiger partial charge < -0.3 is 10.6 Å². The van der Waals surface area contributed by atoms with Crippen molar-refractivity contribution in [3.8, 4) is 0 Å². The van der Waals surface area contributed by atoms with E-state index in [1.54, 1.807) is 0 Å². The van der Waals surface area contributed by atoms with Crippen LogP contribution in [0, 0.1) is 5.92 Å². The SMILES string of the molecule is CC(C(=O)NCCC1CCCNC1)c1ccc(Cl)s1. The Kier molecular flexibility index (Phi) is 5.67. The Balaban J connectivity index is 1.71. The molecule has 2 N–H and O–H groups in total. The van der Waals surface area contributed by atoms with Gasteiger partial charge in [0.05, 0.1) is 10.3 Å². The van der Waals surface area contributed by atoms with E-state index in [9.17, 15) is 4.79 Å². The molecule has 106 valence electrons. The minimum Gasteiger partial charge on any atom is -0.356 e. The van der Waals surface area contributed by atoms with E-state index in [1.165, 1.54) is 24.2 Å². The number of nitrogens with one attached hydrogen (secondary N) is 2. The molecule has 1 aliphatic rings. The van der Waals surface area contributed by atoms with Crippen molar-refractivity contribution in [1.29, 1.82) is 0 Å². The molecule has 2 unspecified atom stereocenters. The third-order valence-electron chi connectivity index (χ3n) is 3.66. The van der Waals surface area contributed by atoms with Gasteiger partial charge in [-0.1, -0.05) is 11.6 Å². The van der Waals surface area contributed by atoms with Crippen molar-refractivity contribution in [2.75, 3.05) is 19.6 Å². The highest BCUT2D eigenvalue weighted by molar-refractivity contribution is 7.16. The second kappa shape index (κ2) is 7.27. The van der Waals surface area contributed by atoms with Gasteiger partial charge in [-0.25, -0.2) is 0 Å². The lowest BCUT2D eigenvalue weighted by Crippen LogP contribution is -2.34. The van der Waals surface area contributed by atoms with Gasteiger partial charge >= 0.3 is 0 Å². The summed E-state index contributed by atoms with van der Waals surface area (Å²) in [6.45, 7) is 4.93. The molecule has 0 aliphatic carbocycles. The van der Waals surface area contributed by atoms with E-state index in [0.29, 0.717) is 5.92 Å². The largest absolute Gasteiger partial charge is 0.356 e. The first-order valence-electron chi connectivity index (χ1n) is 6.90. The minimum atomic E-state index is -0.109. The van der Waals surface area contributed by atoms with Crippen LogP contribution in [0.2, 0.25) is 4.34 Å². The van der Waals surface area contributed by atoms with Crippen LogP contribution in [-0.4, -0.2) is 25.5 Å². The number of hydrogen-bond donors (Lipinski definition) is 2. The van der Waals surface area contributed by atoms with Crippen LogP contribution in [0.15, 0.2) is 12.1 Å². The molecular weight excluding hydrogens is 280 g/mol. The van der Waals surface area contributed by atoms with Crippen molar-refractivity contribution in [2.45, 2.75) is 32.1 Å². The van der Waals surface area contributed by atoms with Gasteiger partial charge in [0.15, 0.2) is 0 Å². The number of rotatable bonds is 5. The van der Waals surface area contributed by atoms with Crippen molar-refractivity contribution in [3.05, 3.63) is 21.3 Å². The van der Waals surface area contributed by atoms with Gasteiger partial charge in [-0.3, -0.25) is 4.79 Å². The second-order valence-corrected chi connectivity index (χ2v) is 6.90. The zero-order chi connectivity index (χ0) is 13.7. The predicted octanol–water partition coefficient (Wildman–Crippen LogP) is 3.01. The van der Waals surface area contributed by atoms with E-state index in [1.807, 2.05) is 19.1 Å². The molecule has 1 aromatic heterocycles. The molecule has 2 heterocycles. The van der Waals surface area contributed by atoms with Gasteiger partial charge in [-0.15, -0.1) is 11.3 Å². The molecule has 0 spiro atoms. The lowest BCUT2D eigenvalue weighted by Gasteiger charge is -2.22. The van der Waals surface area contributed by atoms with E-state index in [2.05, 4.69) is 10.6 Å². The standard InChI is InChI=1S/C14H21ClN2OS/c1-10(12-4-5-13(15)19-12)14(18)17-8-6-11-3-2-7-16-9-11/h4-5,10-11,16H,2-3,6-9H2,1H3,(H,17,18). The quantitative estimate of drug-likeness (QED) is 0.877. The van der Waals surface area contributed by atoms with Crippen LogP contribution in [0.5, 0.6) is 0 Å². The third-order valence-corrected chi connectivity index (χ3v) is 5.08. The molecule has 2 rings (SSSR count). The molecule has 1 fully saturated rings. The highest BCUT2D eigenvalue weighted by Crippen LogP contribution is 2.28. The summed E-state index contributed by atoms with van der Waals surface area (Å²) in [7, 11) is 0. The van der Waals surface area contributed by atoms with E-state index in [-0.39, 0.29) is 11.8 Å². The first-order chi connectivity index (χ1) is 9.16. The highest BCUT2D eigenvalue weighted by Gasteiger charge is 2.18. The van der Waals surface area contributed by atoms with Crippen LogP contribution in [0.4, 0.5) is 0 Å². The Morgan fingerprint density at radius 3 is 3.11 bits per heavy atom. The zero-order valence-corrected chi connectivity index (χ0v) is 12.8. The lowest BCUT2D eigenvalue weighted by atomic mass is 9.96. The van der Waals surface area contributed by atoms with E-state index in [0.717, 1.165) is 35.3 Å². The number of halogens is 1. The summed E-state index contributed by atoms with van der Waals surface area (Å²) >= 11 is 7.38. The highest BCUT2D eigenvalue weighted by atomic mass is 35.5. The zero-order valence-electron chi connectivity index (χ0n) is 11.2. The number of hydrogen-bond acceptors (Lipinski definition) is 3. The fourth-order valence-corrected chi connectivity index (χ4v) is 3.52. The van der Waals surface area contributed by atoms with E-state index in [4.69, 9.17) is 11.6 Å². The monoisotopic (exact) mass is 300 g/mol. The van der Waals surface area contributed by atoms with Crippen LogP contribution >= 0.6 is 22.9 Å². The topological polar surface area (TPSA) is 41.1 Å². The van der Waals surface area contributed by atoms with Crippen LogP contribution in [0.3, 0.4) is 0 Å². The lowest BCUT2D eigenvalue weighted by molar-refractivity contribution is -0.122. The van der Waals surface area contributed by atoms with Crippen LogP contribution in [0.25, 0.3) is 0 Å². The summed E-state index contributed by atoms with van der Waals surface area (Å²) < 4.78 is 0.739. The molecule has 1 saturated heterocycles. The molecule has 0 saturated carbocycles. The van der Waals surface area contributed by atoms with Gasteiger partial charge in [0.25, 0.3) is 0 Å². The molecule has 0 radical (unpaired) electrons. The smallest absolute Gasteiger partial charge is 0.228 e. The summed E-state index contributed by atoms with van der Waals surface area (Å²) in [5, 5.41) is 6.43. The van der Waals surface area contributed by atoms with Crippen LogP contribution in [0.1, 0.15) is 37.0 Å². The summed E-state index contributed by atoms with van der Waals surface area (Å²) in [4.78, 5) is 13.1. The number of amides is 1. The third kappa shape index (κ3) is 4.48. The average molecular weight is 301 g/mol. The molecular formula is C14H21ClN2OS. The molecule has 1 aromatic rings. The van der Waals surface area contributed by atoms with E-state index < -0.39 is 0 Å². The van der Waals surface area contributed by atoms with Crippen molar-refractivity contribution < 1.29 is 4.79 Å². The molecule has 5 heteroatoms. The summed E-state index contributed by atoms with van der Waals surface area (Å²) in [6.07, 6.45) is 3.60. The van der Waals surface area contributed by atoms with E-state index >= 15 is 0 Å². The van der Waals surface area contributed by atoms with Crippen molar-refractivity contribution in [3.63, 3.8) is 0 Å². The Labute approximate surface area is 123 Å².